The molecule has 0 saturated heterocycles. The topological polar surface area (TPSA) is 117 Å². The minimum absolute atomic E-state index is 0. The number of carbonyl (C=O) groups is 2. The molecule has 0 bridgehead atoms. The minimum Gasteiger partial charge on any atom is -0.399 e. The fraction of sp³-hybridized carbons (Fsp3) is 0.818. The Labute approximate surface area is 164 Å². The molecule has 0 aromatic heterocycles. The number of carbonyl (C=O) groups excluding carboxylic acids is 2. The Balaban J connectivity index is -0.00000200. The predicted octanol–water partition coefficient (Wildman–Crippen LogP) is -1.64. The summed E-state index contributed by atoms with van der Waals surface area (Å²) in [6.07, 6.45) is -1.44. The van der Waals surface area contributed by atoms with Crippen LogP contribution in [0.2, 0.25) is 0 Å². The van der Waals surface area contributed by atoms with Gasteiger partial charge in [-0.25, -0.2) is 9.59 Å². The van der Waals surface area contributed by atoms with Crippen molar-refractivity contribution in [2.45, 2.75) is 0 Å². The summed E-state index contributed by atoms with van der Waals surface area (Å²) >= 11 is 0. The third-order valence-electron chi connectivity index (χ3n) is 2.32. The molecule has 0 radical (unpaired) electrons. The normalized spacial score (nSPS) is 10.7. The van der Waals surface area contributed by atoms with E-state index in [9.17, 15) is 9.59 Å². The number of hydrogen-bond acceptors (Lipinski definition) is 6. The van der Waals surface area contributed by atoms with Crippen LogP contribution in [0.15, 0.2) is 0 Å². The summed E-state index contributed by atoms with van der Waals surface area (Å²) < 4.78 is 9.91. The molecule has 0 aliphatic carbocycles. The standard InChI is InChI=1S/C11H24N4O6.2W/c1-14(2,6-16)8-20-10(18)12-5-13-11(19)21-9-15(3,4)7-17;;/h16-17H,5-9H2,1-4H3;;/p+2. The van der Waals surface area contributed by atoms with Crippen LogP contribution in [0.5, 0.6) is 0 Å². The third-order valence-corrected chi connectivity index (χ3v) is 2.32. The number of rotatable bonds is 8. The maximum Gasteiger partial charge on any atom is 0.412 e. The van der Waals surface area contributed by atoms with E-state index in [-0.39, 0.29) is 84.7 Å². The quantitative estimate of drug-likeness (QED) is 0.181. The summed E-state index contributed by atoms with van der Waals surface area (Å²) in [6, 6.07) is 0. The summed E-state index contributed by atoms with van der Waals surface area (Å²) in [7, 11) is 6.74. The van der Waals surface area contributed by atoms with Crippen molar-refractivity contribution < 1.29 is 80.4 Å². The molecule has 0 saturated carbocycles. The molecule has 0 aromatic rings. The second-order valence-corrected chi connectivity index (χ2v) is 5.81. The van der Waals surface area contributed by atoms with Crippen LogP contribution in [0.25, 0.3) is 0 Å². The fourth-order valence-electron chi connectivity index (χ4n) is 0.839. The molecule has 0 aliphatic heterocycles. The zero-order chi connectivity index (χ0) is 16.5. The molecule has 0 aromatic carbocycles. The van der Waals surface area contributed by atoms with Crippen LogP contribution in [0.3, 0.4) is 0 Å². The van der Waals surface area contributed by atoms with Gasteiger partial charge in [0.25, 0.3) is 0 Å². The van der Waals surface area contributed by atoms with Crippen LogP contribution >= 0.6 is 0 Å². The minimum atomic E-state index is -0.721. The Kier molecular flexibility index (Phi) is 15.7. The van der Waals surface area contributed by atoms with Crippen LogP contribution in [0, 0.1) is 0 Å². The van der Waals surface area contributed by atoms with Gasteiger partial charge in [0.1, 0.15) is 0 Å². The van der Waals surface area contributed by atoms with Gasteiger partial charge in [0.15, 0.2) is 13.5 Å². The molecule has 2 amide bonds. The van der Waals surface area contributed by atoms with Crippen LogP contribution < -0.4 is 10.6 Å². The molecule has 12 heteroatoms. The number of nitrogens with zero attached hydrogens (tertiary/aromatic N) is 2. The van der Waals surface area contributed by atoms with E-state index >= 15 is 0 Å². The van der Waals surface area contributed by atoms with Crippen LogP contribution in [-0.4, -0.2) is 93.1 Å². The first kappa shape index (κ1) is 27.6. The molecule has 0 rings (SSSR count). The van der Waals surface area contributed by atoms with Crippen LogP contribution in [0.4, 0.5) is 9.59 Å². The SMILES string of the molecule is C[N+](C)(CO)COC(=O)NCNC(=O)OC[N+](C)(C)CO.[W].[W]. The number of hydrogen-bond donors (Lipinski definition) is 4. The van der Waals surface area contributed by atoms with Crippen molar-refractivity contribution in [1.82, 2.24) is 10.6 Å². The van der Waals surface area contributed by atoms with Crippen molar-refractivity contribution in [1.29, 1.82) is 0 Å². The second-order valence-electron chi connectivity index (χ2n) is 5.81. The number of alkyl carbamates (subject to hydrolysis) is 2. The summed E-state index contributed by atoms with van der Waals surface area (Å²) in [5, 5.41) is 22.5. The number of amides is 2. The monoisotopic (exact) mass is 678 g/mol. The van der Waals surface area contributed by atoms with Crippen molar-refractivity contribution in [2.75, 3.05) is 61.8 Å². The van der Waals surface area contributed by atoms with E-state index in [0.29, 0.717) is 0 Å². The van der Waals surface area contributed by atoms with Crippen molar-refractivity contribution >= 4 is 12.2 Å². The Morgan fingerprint density at radius 3 is 1.39 bits per heavy atom. The second kappa shape index (κ2) is 13.1. The largest absolute Gasteiger partial charge is 0.412 e. The molecule has 0 atom stereocenters. The Bertz CT molecular complexity index is 325. The van der Waals surface area contributed by atoms with E-state index in [2.05, 4.69) is 10.6 Å². The van der Waals surface area contributed by atoms with Gasteiger partial charge in [-0.15, -0.1) is 0 Å². The van der Waals surface area contributed by atoms with Gasteiger partial charge in [0.05, 0.1) is 34.9 Å². The van der Waals surface area contributed by atoms with Gasteiger partial charge in [-0.3, -0.25) is 8.97 Å². The van der Waals surface area contributed by atoms with Gasteiger partial charge < -0.3 is 30.3 Å². The molecule has 0 spiro atoms. The van der Waals surface area contributed by atoms with E-state index in [1.54, 1.807) is 28.2 Å². The smallest absolute Gasteiger partial charge is 0.399 e. The summed E-state index contributed by atoms with van der Waals surface area (Å²) in [4.78, 5) is 22.6. The Morgan fingerprint density at radius 2 is 1.13 bits per heavy atom. The number of quaternary nitrogens is 2. The van der Waals surface area contributed by atoms with Crippen molar-refractivity contribution in [3.63, 3.8) is 0 Å². The van der Waals surface area contributed by atoms with E-state index in [4.69, 9.17) is 19.7 Å². The van der Waals surface area contributed by atoms with Crippen molar-refractivity contribution in [3.05, 3.63) is 0 Å². The molecule has 10 nitrogen and oxygen atoms in total. The molecule has 4 N–H and O–H groups in total. The average Bonchev–Trinajstić information content (AvgIpc) is 2.43. The molecule has 136 valence electrons. The van der Waals surface area contributed by atoms with Gasteiger partial charge in [-0.1, -0.05) is 0 Å². The molecular formula is C11H26N4O6W2+2. The first-order valence-electron chi connectivity index (χ1n) is 6.29. The third kappa shape index (κ3) is 15.0. The molecule has 0 unspecified atom stereocenters. The van der Waals surface area contributed by atoms with Gasteiger partial charge in [-0.2, -0.15) is 0 Å². The fourth-order valence-corrected chi connectivity index (χ4v) is 0.839. The number of nitrogens with one attached hydrogen (secondary N) is 2. The van der Waals surface area contributed by atoms with E-state index in [0.717, 1.165) is 0 Å². The van der Waals surface area contributed by atoms with Crippen LogP contribution in [0.1, 0.15) is 0 Å². The molecule has 0 fully saturated rings. The molecule has 0 aliphatic rings. The van der Waals surface area contributed by atoms with Crippen molar-refractivity contribution in [3.8, 4) is 0 Å². The number of aliphatic hydroxyl groups is 2. The van der Waals surface area contributed by atoms with E-state index in [1.807, 2.05) is 0 Å². The zero-order valence-corrected chi connectivity index (χ0v) is 19.6. The number of ether oxygens (including phenoxy) is 2. The maximum atomic E-state index is 11.3. The predicted molar refractivity (Wildman–Crippen MR) is 72.2 cm³/mol. The number of aliphatic hydroxyl groups excluding tert-OH is 2. The Morgan fingerprint density at radius 1 is 0.826 bits per heavy atom. The van der Waals surface area contributed by atoms with Gasteiger partial charge in [0, 0.05) is 42.1 Å². The van der Waals surface area contributed by atoms with Crippen LogP contribution in [-0.2, 0) is 51.6 Å². The van der Waals surface area contributed by atoms with E-state index < -0.39 is 12.2 Å². The summed E-state index contributed by atoms with van der Waals surface area (Å²) in [6.45, 7) is -0.506. The first-order valence-corrected chi connectivity index (χ1v) is 6.29. The Hall–Kier alpha value is -0.243. The van der Waals surface area contributed by atoms with Gasteiger partial charge in [0.2, 0.25) is 13.5 Å². The average molecular weight is 678 g/mol. The maximum absolute atomic E-state index is 11.3. The molecule has 0 heterocycles. The molecular weight excluding hydrogens is 652 g/mol. The molecule has 23 heavy (non-hydrogen) atoms. The zero-order valence-electron chi connectivity index (χ0n) is 13.8. The van der Waals surface area contributed by atoms with Gasteiger partial charge in [-0.05, 0) is 0 Å². The van der Waals surface area contributed by atoms with Gasteiger partial charge >= 0.3 is 12.2 Å². The van der Waals surface area contributed by atoms with Crippen molar-refractivity contribution in [2.24, 2.45) is 0 Å². The summed E-state index contributed by atoms with van der Waals surface area (Å²) in [5.74, 6) is 0. The first-order chi connectivity index (χ1) is 9.62. The summed E-state index contributed by atoms with van der Waals surface area (Å²) in [5.41, 5.74) is 0. The van der Waals surface area contributed by atoms with E-state index in [1.165, 1.54) is 0 Å².